The molecule has 2 aromatic rings. The van der Waals surface area contributed by atoms with Crippen LogP contribution in [0.15, 0.2) is 42.5 Å². The molecule has 0 fully saturated rings. The Kier molecular flexibility index (Phi) is 3.47. The zero-order chi connectivity index (χ0) is 14.0. The Morgan fingerprint density at radius 1 is 1.00 bits per heavy atom. The summed E-state index contributed by atoms with van der Waals surface area (Å²) in [6.07, 6.45) is 0. The van der Waals surface area contributed by atoms with Crippen molar-refractivity contribution in [2.24, 2.45) is 0 Å². The molecule has 0 saturated carbocycles. The lowest BCUT2D eigenvalue weighted by atomic mass is 9.95. The highest BCUT2D eigenvalue weighted by Gasteiger charge is 2.15. The summed E-state index contributed by atoms with van der Waals surface area (Å²) in [5.74, 6) is -2.31. The highest BCUT2D eigenvalue weighted by molar-refractivity contribution is 6.39. The number of aryl methyl sites for hydroxylation is 1. The summed E-state index contributed by atoms with van der Waals surface area (Å²) in [5, 5.41) is 8.75. The van der Waals surface area contributed by atoms with E-state index in [-0.39, 0.29) is 5.56 Å². The lowest BCUT2D eigenvalue weighted by Crippen LogP contribution is -2.12. The van der Waals surface area contributed by atoms with Gasteiger partial charge in [0.2, 0.25) is 0 Å². The number of carbonyl (C=O) groups is 2. The van der Waals surface area contributed by atoms with Gasteiger partial charge in [-0.15, -0.1) is 0 Å². The number of aliphatic carboxylic acids is 1. The van der Waals surface area contributed by atoms with Crippen LogP contribution in [-0.2, 0) is 4.79 Å². The van der Waals surface area contributed by atoms with E-state index in [1.54, 1.807) is 12.1 Å². The van der Waals surface area contributed by atoms with Crippen LogP contribution in [0.2, 0.25) is 0 Å². The predicted octanol–water partition coefficient (Wildman–Crippen LogP) is 3.24. The summed E-state index contributed by atoms with van der Waals surface area (Å²) in [4.78, 5) is 22.2. The summed E-state index contributed by atoms with van der Waals surface area (Å²) in [5.41, 5.74) is 4.36. The molecule has 3 heteroatoms. The molecule has 0 spiro atoms. The molecule has 2 aromatic carbocycles. The van der Waals surface area contributed by atoms with Crippen LogP contribution in [0.25, 0.3) is 11.1 Å². The number of Topliss-reactive ketones (excluding diaryl/α,β-unsaturated/α-hetero) is 1. The number of carboxylic acids is 1. The minimum Gasteiger partial charge on any atom is -0.475 e. The van der Waals surface area contributed by atoms with Crippen LogP contribution in [0.3, 0.4) is 0 Å². The van der Waals surface area contributed by atoms with E-state index in [1.165, 1.54) is 6.07 Å². The minimum absolute atomic E-state index is 0.200. The molecule has 0 heterocycles. The Bertz CT molecular complexity index is 657. The first kappa shape index (κ1) is 13.0. The third-order valence-electron chi connectivity index (χ3n) is 3.23. The fourth-order valence-electron chi connectivity index (χ4n) is 2.02. The smallest absolute Gasteiger partial charge is 0.377 e. The average Bonchev–Trinajstić information content (AvgIpc) is 2.41. The molecule has 0 aliphatic heterocycles. The second-order valence-electron chi connectivity index (χ2n) is 4.46. The number of benzene rings is 2. The Morgan fingerprint density at radius 3 is 2.37 bits per heavy atom. The van der Waals surface area contributed by atoms with Gasteiger partial charge in [-0.3, -0.25) is 4.79 Å². The SMILES string of the molecule is Cc1cccc(-c2cccc(C(=O)C(=O)O)c2)c1C. The highest BCUT2D eigenvalue weighted by Crippen LogP contribution is 2.26. The normalized spacial score (nSPS) is 10.2. The molecule has 19 heavy (non-hydrogen) atoms. The maximum atomic E-state index is 11.5. The van der Waals surface area contributed by atoms with Gasteiger partial charge in [-0.1, -0.05) is 36.4 Å². The first-order valence-corrected chi connectivity index (χ1v) is 5.95. The largest absolute Gasteiger partial charge is 0.475 e. The fraction of sp³-hybridized carbons (Fsp3) is 0.125. The van der Waals surface area contributed by atoms with Crippen molar-refractivity contribution in [3.63, 3.8) is 0 Å². The van der Waals surface area contributed by atoms with E-state index in [0.717, 1.165) is 22.3 Å². The molecule has 0 saturated heterocycles. The monoisotopic (exact) mass is 254 g/mol. The Morgan fingerprint density at radius 2 is 1.68 bits per heavy atom. The van der Waals surface area contributed by atoms with Gasteiger partial charge in [0.25, 0.3) is 5.78 Å². The summed E-state index contributed by atoms with van der Waals surface area (Å²) in [7, 11) is 0. The second kappa shape index (κ2) is 5.06. The quantitative estimate of drug-likeness (QED) is 0.675. The summed E-state index contributed by atoms with van der Waals surface area (Å²) >= 11 is 0. The van der Waals surface area contributed by atoms with Crippen molar-refractivity contribution >= 4 is 11.8 Å². The van der Waals surface area contributed by atoms with E-state index >= 15 is 0 Å². The van der Waals surface area contributed by atoms with E-state index < -0.39 is 11.8 Å². The molecule has 0 bridgehead atoms. The lowest BCUT2D eigenvalue weighted by Gasteiger charge is -2.09. The van der Waals surface area contributed by atoms with Crippen molar-refractivity contribution in [3.8, 4) is 11.1 Å². The first-order valence-electron chi connectivity index (χ1n) is 5.95. The van der Waals surface area contributed by atoms with Gasteiger partial charge < -0.3 is 5.11 Å². The second-order valence-corrected chi connectivity index (χ2v) is 4.46. The van der Waals surface area contributed by atoms with Gasteiger partial charge in [0.05, 0.1) is 0 Å². The third kappa shape index (κ3) is 2.55. The van der Waals surface area contributed by atoms with Crippen LogP contribution >= 0.6 is 0 Å². The van der Waals surface area contributed by atoms with Crippen molar-refractivity contribution in [1.82, 2.24) is 0 Å². The molecular formula is C16H14O3. The molecular weight excluding hydrogens is 240 g/mol. The third-order valence-corrected chi connectivity index (χ3v) is 3.23. The molecule has 1 N–H and O–H groups in total. The molecule has 0 unspecified atom stereocenters. The average molecular weight is 254 g/mol. The number of carbonyl (C=O) groups excluding carboxylic acids is 1. The zero-order valence-electron chi connectivity index (χ0n) is 10.8. The summed E-state index contributed by atoms with van der Waals surface area (Å²) in [6.45, 7) is 4.03. The minimum atomic E-state index is -1.43. The van der Waals surface area contributed by atoms with E-state index in [9.17, 15) is 9.59 Å². The predicted molar refractivity (Wildman–Crippen MR) is 73.3 cm³/mol. The van der Waals surface area contributed by atoms with Crippen molar-refractivity contribution in [3.05, 3.63) is 59.2 Å². The Labute approximate surface area is 111 Å². The van der Waals surface area contributed by atoms with Crippen molar-refractivity contribution in [1.29, 1.82) is 0 Å². The molecule has 96 valence electrons. The van der Waals surface area contributed by atoms with E-state index in [4.69, 9.17) is 5.11 Å². The van der Waals surface area contributed by atoms with Crippen LogP contribution in [0.4, 0.5) is 0 Å². The van der Waals surface area contributed by atoms with Crippen molar-refractivity contribution in [2.75, 3.05) is 0 Å². The van der Waals surface area contributed by atoms with Crippen LogP contribution in [-0.4, -0.2) is 16.9 Å². The van der Waals surface area contributed by atoms with Gasteiger partial charge in [-0.2, -0.15) is 0 Å². The van der Waals surface area contributed by atoms with Crippen LogP contribution in [0.5, 0.6) is 0 Å². The van der Waals surface area contributed by atoms with Gasteiger partial charge in [-0.25, -0.2) is 4.79 Å². The first-order chi connectivity index (χ1) is 9.00. The number of carboxylic acid groups (broad SMARTS) is 1. The molecule has 0 amide bonds. The number of hydrogen-bond acceptors (Lipinski definition) is 2. The molecule has 3 nitrogen and oxygen atoms in total. The van der Waals surface area contributed by atoms with E-state index in [2.05, 4.69) is 0 Å². The number of hydrogen-bond donors (Lipinski definition) is 1. The van der Waals surface area contributed by atoms with E-state index in [1.807, 2.05) is 38.1 Å². The van der Waals surface area contributed by atoms with E-state index in [0.29, 0.717) is 0 Å². The Hall–Kier alpha value is -2.42. The van der Waals surface area contributed by atoms with Crippen LogP contribution in [0, 0.1) is 13.8 Å². The molecule has 0 atom stereocenters. The highest BCUT2D eigenvalue weighted by atomic mass is 16.4. The lowest BCUT2D eigenvalue weighted by molar-refractivity contribution is -0.131. The summed E-state index contributed by atoms with van der Waals surface area (Å²) in [6, 6.07) is 12.7. The van der Waals surface area contributed by atoms with Gasteiger partial charge in [0.1, 0.15) is 0 Å². The maximum absolute atomic E-state index is 11.5. The van der Waals surface area contributed by atoms with Gasteiger partial charge in [0, 0.05) is 5.56 Å². The van der Waals surface area contributed by atoms with Gasteiger partial charge in [0.15, 0.2) is 0 Å². The summed E-state index contributed by atoms with van der Waals surface area (Å²) < 4.78 is 0. The van der Waals surface area contributed by atoms with Crippen molar-refractivity contribution < 1.29 is 14.7 Å². The Balaban J connectivity index is 2.52. The standard InChI is InChI=1S/C16H14O3/c1-10-5-3-8-14(11(10)2)12-6-4-7-13(9-12)15(17)16(18)19/h3-9H,1-2H3,(H,18,19). The molecule has 0 aliphatic rings. The molecule has 0 aliphatic carbocycles. The molecule has 0 aromatic heterocycles. The topological polar surface area (TPSA) is 54.4 Å². The van der Waals surface area contributed by atoms with Gasteiger partial charge >= 0.3 is 5.97 Å². The number of rotatable bonds is 3. The maximum Gasteiger partial charge on any atom is 0.377 e. The van der Waals surface area contributed by atoms with Crippen LogP contribution < -0.4 is 0 Å². The fourth-order valence-corrected chi connectivity index (χ4v) is 2.02. The number of ketones is 1. The van der Waals surface area contributed by atoms with Gasteiger partial charge in [-0.05, 0) is 42.2 Å². The molecule has 2 rings (SSSR count). The van der Waals surface area contributed by atoms with Crippen molar-refractivity contribution in [2.45, 2.75) is 13.8 Å². The van der Waals surface area contributed by atoms with Crippen LogP contribution in [0.1, 0.15) is 21.5 Å². The zero-order valence-corrected chi connectivity index (χ0v) is 10.8. The molecule has 0 radical (unpaired) electrons.